The standard InChI is InChI=1S/C24H26FN5O5/c1-33-21(31)13-34-18-9-2-14(3-10-18)15-4-11-20(19(26)12-15)28-22(32)23-29-30-24(35-23)27-17-7-5-16(25)6-8-17/h4-8,11-12,14,18H,2-3,9-10,13,26H2,1H3,(H,27,30)(H,28,32). The second-order valence-electron chi connectivity index (χ2n) is 8.21. The van der Waals surface area contributed by atoms with Crippen LogP contribution in [0, 0.1) is 5.82 Å². The predicted octanol–water partition coefficient (Wildman–Crippen LogP) is 4.00. The fourth-order valence-corrected chi connectivity index (χ4v) is 3.95. The van der Waals surface area contributed by atoms with E-state index in [0.29, 0.717) is 23.0 Å². The zero-order chi connectivity index (χ0) is 24.8. The van der Waals surface area contributed by atoms with Gasteiger partial charge in [0.1, 0.15) is 12.4 Å². The van der Waals surface area contributed by atoms with E-state index >= 15 is 0 Å². The molecule has 184 valence electrons. The number of nitrogens with two attached hydrogens (primary N) is 1. The zero-order valence-electron chi connectivity index (χ0n) is 19.1. The van der Waals surface area contributed by atoms with E-state index in [9.17, 15) is 14.0 Å². The van der Waals surface area contributed by atoms with Crippen molar-refractivity contribution in [3.63, 3.8) is 0 Å². The monoisotopic (exact) mass is 483 g/mol. The van der Waals surface area contributed by atoms with Gasteiger partial charge < -0.3 is 30.3 Å². The van der Waals surface area contributed by atoms with Gasteiger partial charge in [0.05, 0.1) is 24.6 Å². The first-order valence-electron chi connectivity index (χ1n) is 11.2. The van der Waals surface area contributed by atoms with E-state index in [2.05, 4.69) is 25.6 Å². The van der Waals surface area contributed by atoms with Gasteiger partial charge >= 0.3 is 23.8 Å². The second kappa shape index (κ2) is 11.0. The highest BCUT2D eigenvalue weighted by Gasteiger charge is 2.24. The molecule has 10 nitrogen and oxygen atoms in total. The Hall–Kier alpha value is -3.99. The average molecular weight is 484 g/mol. The molecule has 0 bridgehead atoms. The number of carbonyl (C=O) groups is 2. The van der Waals surface area contributed by atoms with Crippen LogP contribution in [-0.4, -0.2) is 41.9 Å². The summed E-state index contributed by atoms with van der Waals surface area (Å²) in [6.07, 6.45) is 3.53. The summed E-state index contributed by atoms with van der Waals surface area (Å²) in [6.45, 7) is -0.0307. The Bertz CT molecular complexity index is 1180. The summed E-state index contributed by atoms with van der Waals surface area (Å²) < 4.78 is 28.6. The Morgan fingerprint density at radius 3 is 2.54 bits per heavy atom. The van der Waals surface area contributed by atoms with E-state index in [0.717, 1.165) is 31.2 Å². The molecule has 3 aromatic rings. The maximum absolute atomic E-state index is 13.0. The van der Waals surface area contributed by atoms with Crippen LogP contribution in [0.2, 0.25) is 0 Å². The predicted molar refractivity (Wildman–Crippen MR) is 126 cm³/mol. The molecule has 0 spiro atoms. The van der Waals surface area contributed by atoms with Gasteiger partial charge in [-0.15, -0.1) is 5.10 Å². The van der Waals surface area contributed by atoms with Crippen LogP contribution in [-0.2, 0) is 14.3 Å². The van der Waals surface area contributed by atoms with Crippen molar-refractivity contribution in [2.75, 3.05) is 30.1 Å². The van der Waals surface area contributed by atoms with Gasteiger partial charge in [-0.25, -0.2) is 9.18 Å². The lowest BCUT2D eigenvalue weighted by atomic mass is 9.82. The van der Waals surface area contributed by atoms with Crippen molar-refractivity contribution >= 4 is 35.0 Å². The Kier molecular flexibility index (Phi) is 7.56. The summed E-state index contributed by atoms with van der Waals surface area (Å²) in [5, 5.41) is 13.0. The molecule has 0 aliphatic heterocycles. The minimum Gasteiger partial charge on any atom is -0.467 e. The topological polar surface area (TPSA) is 142 Å². The van der Waals surface area contributed by atoms with Gasteiger partial charge in [-0.2, -0.15) is 0 Å². The molecule has 0 saturated heterocycles. The van der Waals surface area contributed by atoms with E-state index in [4.69, 9.17) is 14.9 Å². The number of hydrogen-bond donors (Lipinski definition) is 3. The van der Waals surface area contributed by atoms with Crippen LogP contribution in [0.5, 0.6) is 0 Å². The summed E-state index contributed by atoms with van der Waals surface area (Å²) in [7, 11) is 1.34. The minimum absolute atomic E-state index is 0.00348. The van der Waals surface area contributed by atoms with Gasteiger partial charge in [0.25, 0.3) is 0 Å². The number of aromatic nitrogens is 2. The molecule has 0 atom stereocenters. The van der Waals surface area contributed by atoms with Crippen molar-refractivity contribution in [2.24, 2.45) is 0 Å². The SMILES string of the molecule is COC(=O)COC1CCC(c2ccc(NC(=O)c3nnc(Nc4ccc(F)cc4)o3)c(N)c2)CC1. The summed E-state index contributed by atoms with van der Waals surface area (Å²) in [5.74, 6) is -1.28. The number of halogens is 1. The highest BCUT2D eigenvalue weighted by atomic mass is 19.1. The molecule has 4 N–H and O–H groups in total. The summed E-state index contributed by atoms with van der Waals surface area (Å²) in [6, 6.07) is 11.1. The van der Waals surface area contributed by atoms with Crippen LogP contribution in [0.1, 0.15) is 47.8 Å². The highest BCUT2D eigenvalue weighted by Crippen LogP contribution is 2.36. The number of benzene rings is 2. The number of rotatable bonds is 8. The van der Waals surface area contributed by atoms with E-state index < -0.39 is 5.91 Å². The van der Waals surface area contributed by atoms with Crippen LogP contribution in [0.25, 0.3) is 0 Å². The van der Waals surface area contributed by atoms with Gasteiger partial charge in [0.15, 0.2) is 0 Å². The number of nitrogen functional groups attached to an aromatic ring is 1. The number of ether oxygens (including phenoxy) is 2. The molecule has 0 radical (unpaired) electrons. The smallest absolute Gasteiger partial charge is 0.331 e. The van der Waals surface area contributed by atoms with Crippen molar-refractivity contribution in [2.45, 2.75) is 37.7 Å². The molecular weight excluding hydrogens is 457 g/mol. The lowest BCUT2D eigenvalue weighted by molar-refractivity contribution is -0.148. The number of carbonyl (C=O) groups excluding carboxylic acids is 2. The fraction of sp³-hybridized carbons (Fsp3) is 0.333. The third-order valence-electron chi connectivity index (χ3n) is 5.85. The molecule has 1 aromatic heterocycles. The summed E-state index contributed by atoms with van der Waals surface area (Å²) >= 11 is 0. The normalized spacial score (nSPS) is 17.5. The largest absolute Gasteiger partial charge is 0.467 e. The first kappa shape index (κ1) is 24.1. The van der Waals surface area contributed by atoms with Crippen LogP contribution in [0.3, 0.4) is 0 Å². The minimum atomic E-state index is -0.604. The molecule has 1 saturated carbocycles. The number of amides is 1. The highest BCUT2D eigenvalue weighted by molar-refractivity contribution is 6.02. The van der Waals surface area contributed by atoms with Crippen molar-refractivity contribution in [3.8, 4) is 0 Å². The molecule has 1 aliphatic rings. The molecule has 2 aromatic carbocycles. The van der Waals surface area contributed by atoms with Gasteiger partial charge in [-0.05, 0) is 73.6 Å². The van der Waals surface area contributed by atoms with Crippen molar-refractivity contribution in [1.82, 2.24) is 10.2 Å². The van der Waals surface area contributed by atoms with E-state index in [-0.39, 0.29) is 36.4 Å². The maximum Gasteiger partial charge on any atom is 0.331 e. The Morgan fingerprint density at radius 1 is 1.11 bits per heavy atom. The number of nitrogens with one attached hydrogen (secondary N) is 2. The third kappa shape index (κ3) is 6.33. The molecule has 1 heterocycles. The third-order valence-corrected chi connectivity index (χ3v) is 5.85. The maximum atomic E-state index is 13.0. The van der Waals surface area contributed by atoms with Gasteiger partial charge in [-0.3, -0.25) is 4.79 Å². The molecule has 35 heavy (non-hydrogen) atoms. The van der Waals surface area contributed by atoms with Gasteiger partial charge in [0.2, 0.25) is 0 Å². The lowest BCUT2D eigenvalue weighted by Crippen LogP contribution is -2.24. The molecule has 1 fully saturated rings. The van der Waals surface area contributed by atoms with E-state index in [1.807, 2.05) is 12.1 Å². The Labute approximate surface area is 201 Å². The fourth-order valence-electron chi connectivity index (χ4n) is 3.95. The number of anilines is 4. The first-order valence-corrected chi connectivity index (χ1v) is 11.2. The van der Waals surface area contributed by atoms with Crippen LogP contribution in [0.4, 0.5) is 27.5 Å². The van der Waals surface area contributed by atoms with Gasteiger partial charge in [0, 0.05) is 5.69 Å². The molecule has 0 unspecified atom stereocenters. The average Bonchev–Trinajstić information content (AvgIpc) is 3.34. The number of methoxy groups -OCH3 is 1. The lowest BCUT2D eigenvalue weighted by Gasteiger charge is -2.29. The van der Waals surface area contributed by atoms with Crippen LogP contribution in [0.15, 0.2) is 46.9 Å². The Balaban J connectivity index is 1.31. The van der Waals surface area contributed by atoms with Crippen LogP contribution >= 0.6 is 0 Å². The molecular formula is C24H26FN5O5. The van der Waals surface area contributed by atoms with Crippen molar-refractivity contribution < 1.29 is 27.9 Å². The van der Waals surface area contributed by atoms with Crippen molar-refractivity contribution in [1.29, 1.82) is 0 Å². The van der Waals surface area contributed by atoms with Crippen LogP contribution < -0.4 is 16.4 Å². The number of esters is 1. The number of hydrogen-bond acceptors (Lipinski definition) is 9. The van der Waals surface area contributed by atoms with Crippen molar-refractivity contribution in [3.05, 3.63) is 59.7 Å². The molecule has 4 rings (SSSR count). The summed E-state index contributed by atoms with van der Waals surface area (Å²) in [4.78, 5) is 23.8. The van der Waals surface area contributed by atoms with E-state index in [1.165, 1.54) is 31.4 Å². The first-order chi connectivity index (χ1) is 16.9. The van der Waals surface area contributed by atoms with E-state index in [1.54, 1.807) is 6.07 Å². The second-order valence-corrected chi connectivity index (χ2v) is 8.21. The quantitative estimate of drug-likeness (QED) is 0.320. The van der Waals surface area contributed by atoms with Gasteiger partial charge in [-0.1, -0.05) is 11.2 Å². The zero-order valence-corrected chi connectivity index (χ0v) is 19.1. The molecule has 11 heteroatoms. The molecule has 1 amide bonds. The molecule has 1 aliphatic carbocycles. The number of nitrogens with zero attached hydrogens (tertiary/aromatic N) is 2. The Morgan fingerprint density at radius 2 is 1.86 bits per heavy atom. The summed E-state index contributed by atoms with van der Waals surface area (Å²) in [5.41, 5.74) is 8.66.